The van der Waals surface area contributed by atoms with E-state index >= 15 is 0 Å². The molecule has 0 radical (unpaired) electrons. The minimum atomic E-state index is 0.671. The van der Waals surface area contributed by atoms with Crippen LogP contribution in [-0.2, 0) is 0 Å². The van der Waals surface area contributed by atoms with E-state index in [0.29, 0.717) is 6.04 Å². The van der Waals surface area contributed by atoms with Gasteiger partial charge in [0.2, 0.25) is 0 Å². The first kappa shape index (κ1) is 10.4. The topological polar surface area (TPSA) is 18.5 Å². The van der Waals surface area contributed by atoms with Crippen molar-refractivity contribution in [1.29, 1.82) is 0 Å². The fourth-order valence-electron chi connectivity index (χ4n) is 2.72. The summed E-state index contributed by atoms with van der Waals surface area (Å²) in [6, 6.07) is 2.25. The van der Waals surface area contributed by atoms with Crippen LogP contribution in [0.4, 0.5) is 0 Å². The molecular formula is C11H23N3. The van der Waals surface area contributed by atoms with Crippen LogP contribution in [0.15, 0.2) is 0 Å². The molecule has 14 heavy (non-hydrogen) atoms. The predicted octanol–water partition coefficient (Wildman–Crippen LogP) is 0.373. The van der Waals surface area contributed by atoms with Gasteiger partial charge in [0.05, 0.1) is 0 Å². The average Bonchev–Trinajstić information content (AvgIpc) is 2.47. The van der Waals surface area contributed by atoms with E-state index in [9.17, 15) is 0 Å². The van der Waals surface area contributed by atoms with Crippen LogP contribution in [0.5, 0.6) is 0 Å². The van der Waals surface area contributed by atoms with Gasteiger partial charge in [-0.25, -0.2) is 0 Å². The molecule has 0 bridgehead atoms. The molecule has 0 aliphatic carbocycles. The molecule has 3 heteroatoms. The Kier molecular flexibility index (Phi) is 3.10. The number of hydrogen-bond acceptors (Lipinski definition) is 3. The Hall–Kier alpha value is -0.120. The second-order valence-electron chi connectivity index (χ2n) is 5.03. The molecule has 0 aromatic rings. The number of likely N-dealkylation sites (N-methyl/N-ethyl adjacent to an activating group) is 1. The molecule has 0 aromatic carbocycles. The molecule has 3 atom stereocenters. The van der Waals surface area contributed by atoms with Crippen molar-refractivity contribution in [1.82, 2.24) is 15.1 Å². The zero-order valence-corrected chi connectivity index (χ0v) is 9.66. The zero-order chi connectivity index (χ0) is 10.1. The van der Waals surface area contributed by atoms with Crippen LogP contribution in [0.3, 0.4) is 0 Å². The summed E-state index contributed by atoms with van der Waals surface area (Å²) >= 11 is 0. The second-order valence-corrected chi connectivity index (χ2v) is 5.03. The third-order valence-corrected chi connectivity index (χ3v) is 3.78. The Morgan fingerprint density at radius 1 is 1.21 bits per heavy atom. The largest absolute Gasteiger partial charge is 0.312 e. The third-order valence-electron chi connectivity index (χ3n) is 3.78. The number of rotatable bonds is 1. The summed E-state index contributed by atoms with van der Waals surface area (Å²) < 4.78 is 0. The van der Waals surface area contributed by atoms with Crippen LogP contribution in [-0.4, -0.2) is 61.2 Å². The first-order chi connectivity index (χ1) is 6.66. The van der Waals surface area contributed by atoms with Crippen molar-refractivity contribution in [3.05, 3.63) is 0 Å². The lowest BCUT2D eigenvalue weighted by Crippen LogP contribution is -2.53. The number of nitrogens with one attached hydrogen (secondary N) is 1. The lowest BCUT2D eigenvalue weighted by Gasteiger charge is -2.36. The Balaban J connectivity index is 1.89. The molecule has 82 valence electrons. The molecule has 2 aliphatic rings. The van der Waals surface area contributed by atoms with Crippen molar-refractivity contribution in [2.75, 3.05) is 33.2 Å². The molecule has 2 aliphatic heterocycles. The molecule has 1 N–H and O–H groups in total. The maximum absolute atomic E-state index is 3.50. The van der Waals surface area contributed by atoms with Crippen molar-refractivity contribution in [2.45, 2.75) is 38.4 Å². The highest BCUT2D eigenvalue weighted by Crippen LogP contribution is 2.20. The van der Waals surface area contributed by atoms with Gasteiger partial charge < -0.3 is 10.2 Å². The first-order valence-electron chi connectivity index (χ1n) is 5.84. The first-order valence-corrected chi connectivity index (χ1v) is 5.84. The number of piperazine rings is 1. The second kappa shape index (κ2) is 4.17. The molecule has 2 heterocycles. The number of hydrogen-bond donors (Lipinski definition) is 1. The average molecular weight is 197 g/mol. The molecule has 2 unspecified atom stereocenters. The Bertz CT molecular complexity index is 182. The summed E-state index contributed by atoms with van der Waals surface area (Å²) in [7, 11) is 2.25. The van der Waals surface area contributed by atoms with Crippen molar-refractivity contribution >= 4 is 0 Å². The molecule has 2 rings (SSSR count). The van der Waals surface area contributed by atoms with Crippen molar-refractivity contribution in [3.8, 4) is 0 Å². The van der Waals surface area contributed by atoms with Gasteiger partial charge in [-0.3, -0.25) is 4.90 Å². The van der Waals surface area contributed by atoms with Crippen LogP contribution < -0.4 is 5.32 Å². The van der Waals surface area contributed by atoms with E-state index in [-0.39, 0.29) is 0 Å². The number of likely N-dealkylation sites (tertiary alicyclic amines) is 1. The Labute approximate surface area is 87.4 Å². The lowest BCUT2D eigenvalue weighted by atomic mass is 10.1. The molecule has 0 amide bonds. The van der Waals surface area contributed by atoms with E-state index in [1.165, 1.54) is 26.1 Å². The number of nitrogens with zero attached hydrogens (tertiary/aromatic N) is 2. The highest BCUT2D eigenvalue weighted by molar-refractivity contribution is 4.90. The standard InChI is InChI=1S/C11H23N3/c1-9-7-14(5-4-12-9)11-6-10(2)13(3)8-11/h9-12H,4-8H2,1-3H3/t9-,10?,11?/m1/s1. The molecule has 3 nitrogen and oxygen atoms in total. The summed E-state index contributed by atoms with van der Waals surface area (Å²) in [5.41, 5.74) is 0. The summed E-state index contributed by atoms with van der Waals surface area (Å²) in [4.78, 5) is 5.15. The van der Waals surface area contributed by atoms with E-state index in [4.69, 9.17) is 0 Å². The van der Waals surface area contributed by atoms with Crippen LogP contribution in [0.25, 0.3) is 0 Å². The summed E-state index contributed by atoms with van der Waals surface area (Å²) in [5, 5.41) is 3.50. The molecule has 2 saturated heterocycles. The van der Waals surface area contributed by atoms with Crippen LogP contribution in [0, 0.1) is 0 Å². The van der Waals surface area contributed by atoms with E-state index in [1.807, 2.05) is 0 Å². The summed E-state index contributed by atoms with van der Waals surface area (Å²) in [6.45, 7) is 9.50. The van der Waals surface area contributed by atoms with Gasteiger partial charge in [0, 0.05) is 44.3 Å². The fraction of sp³-hybridized carbons (Fsp3) is 1.00. The van der Waals surface area contributed by atoms with E-state index in [0.717, 1.165) is 18.6 Å². The smallest absolute Gasteiger partial charge is 0.0239 e. The van der Waals surface area contributed by atoms with Gasteiger partial charge in [0.25, 0.3) is 0 Å². The minimum Gasteiger partial charge on any atom is -0.312 e. The SMILES string of the molecule is CC1CC(N2CCN[C@H](C)C2)CN1C. The van der Waals surface area contributed by atoms with Gasteiger partial charge in [-0.15, -0.1) is 0 Å². The molecule has 0 saturated carbocycles. The Morgan fingerprint density at radius 3 is 2.57 bits per heavy atom. The maximum Gasteiger partial charge on any atom is 0.0239 e. The van der Waals surface area contributed by atoms with Crippen molar-refractivity contribution in [2.24, 2.45) is 0 Å². The minimum absolute atomic E-state index is 0.671. The molecule has 0 aromatic heterocycles. The van der Waals surface area contributed by atoms with Crippen LogP contribution >= 0.6 is 0 Å². The lowest BCUT2D eigenvalue weighted by molar-refractivity contribution is 0.151. The van der Waals surface area contributed by atoms with Gasteiger partial charge in [-0.05, 0) is 27.3 Å². The predicted molar refractivity (Wildman–Crippen MR) is 59.5 cm³/mol. The fourth-order valence-corrected chi connectivity index (χ4v) is 2.72. The highest BCUT2D eigenvalue weighted by atomic mass is 15.3. The third kappa shape index (κ3) is 2.10. The zero-order valence-electron chi connectivity index (χ0n) is 9.66. The Morgan fingerprint density at radius 2 is 2.00 bits per heavy atom. The van der Waals surface area contributed by atoms with Gasteiger partial charge in [-0.1, -0.05) is 0 Å². The van der Waals surface area contributed by atoms with Gasteiger partial charge in [0.1, 0.15) is 0 Å². The quantitative estimate of drug-likeness (QED) is 0.655. The van der Waals surface area contributed by atoms with Crippen molar-refractivity contribution < 1.29 is 0 Å². The summed E-state index contributed by atoms with van der Waals surface area (Å²) in [6.07, 6.45) is 1.35. The maximum atomic E-state index is 3.50. The van der Waals surface area contributed by atoms with Gasteiger partial charge >= 0.3 is 0 Å². The van der Waals surface area contributed by atoms with E-state index < -0.39 is 0 Å². The monoisotopic (exact) mass is 197 g/mol. The summed E-state index contributed by atoms with van der Waals surface area (Å²) in [5.74, 6) is 0. The van der Waals surface area contributed by atoms with Crippen LogP contribution in [0.1, 0.15) is 20.3 Å². The van der Waals surface area contributed by atoms with Crippen LogP contribution in [0.2, 0.25) is 0 Å². The van der Waals surface area contributed by atoms with Crippen molar-refractivity contribution in [3.63, 3.8) is 0 Å². The molecule has 2 fully saturated rings. The van der Waals surface area contributed by atoms with Gasteiger partial charge in [-0.2, -0.15) is 0 Å². The van der Waals surface area contributed by atoms with Gasteiger partial charge in [0.15, 0.2) is 0 Å². The molecular weight excluding hydrogens is 174 g/mol. The van der Waals surface area contributed by atoms with E-state index in [2.05, 4.69) is 36.0 Å². The normalized spacial score (nSPS) is 41.8. The molecule has 0 spiro atoms. The van der Waals surface area contributed by atoms with E-state index in [1.54, 1.807) is 0 Å². The highest BCUT2D eigenvalue weighted by Gasteiger charge is 2.32.